The lowest BCUT2D eigenvalue weighted by molar-refractivity contribution is 0.0889. The van der Waals surface area contributed by atoms with Crippen LogP contribution in [0.3, 0.4) is 0 Å². The Labute approximate surface area is 143 Å². The van der Waals surface area contributed by atoms with Crippen molar-refractivity contribution in [1.29, 1.82) is 0 Å². The third-order valence-electron chi connectivity index (χ3n) is 4.28. The maximum absolute atomic E-state index is 12.1. The summed E-state index contributed by atoms with van der Waals surface area (Å²) in [5.74, 6) is 0.404. The summed E-state index contributed by atoms with van der Waals surface area (Å²) in [6.07, 6.45) is 3.51. The van der Waals surface area contributed by atoms with Gasteiger partial charge in [0, 0.05) is 30.9 Å². The quantitative estimate of drug-likeness (QED) is 0.541. The third kappa shape index (κ3) is 2.92. The number of nitrogens with zero attached hydrogens (tertiary/aromatic N) is 2. The van der Waals surface area contributed by atoms with Gasteiger partial charge in [0.1, 0.15) is 23.6 Å². The van der Waals surface area contributed by atoms with Crippen molar-refractivity contribution in [2.24, 2.45) is 0 Å². The molecule has 3 aromatic rings. The Balaban J connectivity index is 1.72. The van der Waals surface area contributed by atoms with Crippen molar-refractivity contribution in [3.05, 3.63) is 69.8 Å². The van der Waals surface area contributed by atoms with Crippen LogP contribution < -0.4 is 10.4 Å². The van der Waals surface area contributed by atoms with E-state index in [-0.39, 0.29) is 11.3 Å². The van der Waals surface area contributed by atoms with Crippen molar-refractivity contribution in [2.45, 2.75) is 20.0 Å². The lowest BCUT2D eigenvalue weighted by atomic mass is 10.1. The summed E-state index contributed by atoms with van der Waals surface area (Å²) in [5, 5.41) is 0.720. The van der Waals surface area contributed by atoms with E-state index < -0.39 is 5.63 Å². The summed E-state index contributed by atoms with van der Waals surface area (Å²) in [6.45, 7) is 3.11. The zero-order chi connectivity index (χ0) is 17.4. The topological polar surface area (TPSA) is 72.6 Å². The van der Waals surface area contributed by atoms with E-state index >= 15 is 0 Å². The van der Waals surface area contributed by atoms with Crippen molar-refractivity contribution in [3.63, 3.8) is 0 Å². The fourth-order valence-corrected chi connectivity index (χ4v) is 3.03. The van der Waals surface area contributed by atoms with Gasteiger partial charge in [0.2, 0.25) is 0 Å². The minimum absolute atomic E-state index is 0.0674. The first-order valence-electron chi connectivity index (χ1n) is 7.96. The molecule has 0 amide bonds. The Morgan fingerprint density at radius 1 is 1.24 bits per heavy atom. The molecule has 4 rings (SSSR count). The summed E-state index contributed by atoms with van der Waals surface area (Å²) in [7, 11) is 0. The Morgan fingerprint density at radius 2 is 2.04 bits per heavy atom. The molecule has 6 heteroatoms. The Kier molecular flexibility index (Phi) is 3.82. The minimum Gasteiger partial charge on any atom is -0.478 e. The van der Waals surface area contributed by atoms with E-state index in [2.05, 4.69) is 9.88 Å². The highest BCUT2D eigenvalue weighted by atomic mass is 16.5. The summed E-state index contributed by atoms with van der Waals surface area (Å²) in [6, 6.07) is 9.16. The van der Waals surface area contributed by atoms with Crippen LogP contribution in [-0.4, -0.2) is 22.4 Å². The van der Waals surface area contributed by atoms with E-state index in [9.17, 15) is 9.59 Å². The number of pyridine rings is 1. The lowest BCUT2D eigenvalue weighted by Crippen LogP contribution is -2.31. The van der Waals surface area contributed by atoms with Crippen LogP contribution in [0.2, 0.25) is 0 Å². The van der Waals surface area contributed by atoms with Crippen LogP contribution in [-0.2, 0) is 13.1 Å². The number of benzene rings is 1. The van der Waals surface area contributed by atoms with Gasteiger partial charge in [0.15, 0.2) is 5.78 Å². The second-order valence-corrected chi connectivity index (χ2v) is 6.08. The molecule has 0 saturated heterocycles. The van der Waals surface area contributed by atoms with E-state index in [4.69, 9.17) is 9.15 Å². The molecule has 2 aromatic heterocycles. The average Bonchev–Trinajstić information content (AvgIpc) is 2.62. The molecule has 0 unspecified atom stereocenters. The van der Waals surface area contributed by atoms with Gasteiger partial charge in [-0.2, -0.15) is 0 Å². The largest absolute Gasteiger partial charge is 0.478 e. The molecule has 0 fully saturated rings. The number of carbonyl (C=O) groups is 1. The van der Waals surface area contributed by atoms with Gasteiger partial charge >= 0.3 is 5.63 Å². The van der Waals surface area contributed by atoms with Gasteiger partial charge in [0.25, 0.3) is 0 Å². The predicted molar refractivity (Wildman–Crippen MR) is 91.5 cm³/mol. The van der Waals surface area contributed by atoms with Crippen molar-refractivity contribution in [1.82, 2.24) is 9.88 Å². The Hall–Kier alpha value is -2.99. The van der Waals surface area contributed by atoms with Gasteiger partial charge in [-0.3, -0.25) is 14.7 Å². The van der Waals surface area contributed by atoms with Crippen molar-refractivity contribution >= 4 is 16.8 Å². The van der Waals surface area contributed by atoms with Crippen LogP contribution in [0, 0.1) is 0 Å². The first kappa shape index (κ1) is 15.5. The number of fused-ring (bicyclic) bond motifs is 3. The van der Waals surface area contributed by atoms with Crippen LogP contribution in [0.4, 0.5) is 0 Å². The van der Waals surface area contributed by atoms with Crippen molar-refractivity contribution < 1.29 is 13.9 Å². The number of hydrogen-bond acceptors (Lipinski definition) is 6. The molecule has 1 aliphatic rings. The van der Waals surface area contributed by atoms with Gasteiger partial charge in [-0.15, -0.1) is 0 Å². The Bertz CT molecular complexity index is 1010. The van der Waals surface area contributed by atoms with Gasteiger partial charge < -0.3 is 9.15 Å². The molecule has 126 valence electrons. The molecule has 0 atom stereocenters. The normalized spacial score (nSPS) is 14.1. The van der Waals surface area contributed by atoms with Crippen LogP contribution in [0.1, 0.15) is 28.4 Å². The molecule has 6 nitrogen and oxygen atoms in total. The van der Waals surface area contributed by atoms with Crippen molar-refractivity contribution in [3.8, 4) is 5.75 Å². The van der Waals surface area contributed by atoms with Crippen LogP contribution in [0.25, 0.3) is 11.0 Å². The second kappa shape index (κ2) is 6.14. The summed E-state index contributed by atoms with van der Waals surface area (Å²) in [4.78, 5) is 29.8. The zero-order valence-corrected chi connectivity index (χ0v) is 13.7. The SMILES string of the molecule is CC(=O)c1cc2ccc3c(c2oc1=O)CN(Cc1ccncc1)CO3. The number of carbonyl (C=O) groups excluding carboxylic acids is 1. The predicted octanol–water partition coefficient (Wildman–Crippen LogP) is 2.74. The van der Waals surface area contributed by atoms with E-state index in [1.807, 2.05) is 24.3 Å². The molecule has 1 aromatic carbocycles. The highest BCUT2D eigenvalue weighted by Gasteiger charge is 2.22. The molecule has 0 bridgehead atoms. The minimum atomic E-state index is -0.611. The molecule has 25 heavy (non-hydrogen) atoms. The standard InChI is InChI=1S/C19H16N2O4/c1-12(22)15-8-14-2-3-17-16(18(14)25-19(15)23)10-21(11-24-17)9-13-4-6-20-7-5-13/h2-8H,9-11H2,1H3. The number of aromatic nitrogens is 1. The van der Waals surface area contributed by atoms with E-state index in [1.54, 1.807) is 18.5 Å². The molecule has 0 aliphatic carbocycles. The monoisotopic (exact) mass is 336 g/mol. The first-order chi connectivity index (χ1) is 12.1. The molecule has 0 N–H and O–H groups in total. The van der Waals surface area contributed by atoms with Crippen LogP contribution in [0.5, 0.6) is 5.75 Å². The maximum Gasteiger partial charge on any atom is 0.347 e. The summed E-state index contributed by atoms with van der Waals surface area (Å²) in [5.41, 5.74) is 1.89. The van der Waals surface area contributed by atoms with Gasteiger partial charge in [0.05, 0.1) is 5.56 Å². The Morgan fingerprint density at radius 3 is 2.80 bits per heavy atom. The average molecular weight is 336 g/mol. The number of hydrogen-bond donors (Lipinski definition) is 0. The fraction of sp³-hybridized carbons (Fsp3) is 0.211. The number of ether oxygens (including phenoxy) is 1. The van der Waals surface area contributed by atoms with Gasteiger partial charge in [-0.25, -0.2) is 4.79 Å². The molecular formula is C19H16N2O4. The maximum atomic E-state index is 12.1. The summed E-state index contributed by atoms with van der Waals surface area (Å²) >= 11 is 0. The molecule has 0 radical (unpaired) electrons. The van der Waals surface area contributed by atoms with E-state index in [0.717, 1.165) is 16.5 Å². The molecule has 0 spiro atoms. The van der Waals surface area contributed by atoms with Gasteiger partial charge in [-0.1, -0.05) is 0 Å². The summed E-state index contributed by atoms with van der Waals surface area (Å²) < 4.78 is 11.3. The van der Waals surface area contributed by atoms with Crippen LogP contribution >= 0.6 is 0 Å². The van der Waals surface area contributed by atoms with E-state index in [0.29, 0.717) is 31.2 Å². The van der Waals surface area contributed by atoms with Crippen molar-refractivity contribution in [2.75, 3.05) is 6.73 Å². The number of rotatable bonds is 3. The van der Waals surface area contributed by atoms with Gasteiger partial charge in [-0.05, 0) is 42.8 Å². The highest BCUT2D eigenvalue weighted by molar-refractivity contribution is 5.97. The number of ketones is 1. The molecular weight excluding hydrogens is 320 g/mol. The molecule has 1 aliphatic heterocycles. The highest BCUT2D eigenvalue weighted by Crippen LogP contribution is 2.32. The lowest BCUT2D eigenvalue weighted by Gasteiger charge is -2.29. The van der Waals surface area contributed by atoms with E-state index in [1.165, 1.54) is 6.92 Å². The third-order valence-corrected chi connectivity index (χ3v) is 4.28. The number of Topliss-reactive ketones (excluding diaryl/α,β-unsaturated/α-hetero) is 1. The molecule has 0 saturated carbocycles. The second-order valence-electron chi connectivity index (χ2n) is 6.08. The smallest absolute Gasteiger partial charge is 0.347 e. The zero-order valence-electron chi connectivity index (χ0n) is 13.7. The fourth-order valence-electron chi connectivity index (χ4n) is 3.03. The molecule has 3 heterocycles. The first-order valence-corrected chi connectivity index (χ1v) is 7.96. The van der Waals surface area contributed by atoms with Crippen LogP contribution in [0.15, 0.2) is 51.9 Å².